The second kappa shape index (κ2) is 14.8. The number of furan rings is 1. The average Bonchev–Trinajstić information content (AvgIpc) is 3.94. The molecule has 68 heavy (non-hydrogen) atoms. The van der Waals surface area contributed by atoms with Crippen molar-refractivity contribution in [3.63, 3.8) is 0 Å². The molecule has 2 aliphatic carbocycles. The Balaban J connectivity index is 0.969. The summed E-state index contributed by atoms with van der Waals surface area (Å²) in [6, 6.07) is 72.2. The molecule has 0 saturated heterocycles. The summed E-state index contributed by atoms with van der Waals surface area (Å²) < 4.78 is 7.14. The van der Waals surface area contributed by atoms with Gasteiger partial charge in [0.1, 0.15) is 11.2 Å². The summed E-state index contributed by atoms with van der Waals surface area (Å²) in [4.78, 5) is 2.42. The highest BCUT2D eigenvalue weighted by atomic mass is 16.3. The van der Waals surface area contributed by atoms with Gasteiger partial charge in [0.15, 0.2) is 0 Å². The average molecular weight is 874 g/mol. The van der Waals surface area contributed by atoms with Crippen molar-refractivity contribution < 1.29 is 4.42 Å². The molecule has 11 aromatic rings. The van der Waals surface area contributed by atoms with Gasteiger partial charge in [0.2, 0.25) is 0 Å². The fourth-order valence-electron chi connectivity index (χ4n) is 11.8. The fraction of sp³-hybridized carbons (Fsp3) is 0.121. The van der Waals surface area contributed by atoms with Crippen LogP contribution in [-0.2, 0) is 10.8 Å². The van der Waals surface area contributed by atoms with Crippen molar-refractivity contribution in [2.75, 3.05) is 4.90 Å². The normalized spacial score (nSPS) is 14.4. The first-order valence-corrected chi connectivity index (χ1v) is 24.0. The van der Waals surface area contributed by atoms with E-state index in [1.807, 2.05) is 0 Å². The van der Waals surface area contributed by atoms with Crippen LogP contribution in [0.25, 0.3) is 77.4 Å². The van der Waals surface area contributed by atoms with Gasteiger partial charge < -0.3 is 9.32 Å². The van der Waals surface area contributed by atoms with E-state index in [1.165, 1.54) is 77.5 Å². The zero-order valence-corrected chi connectivity index (χ0v) is 39.4. The van der Waals surface area contributed by atoms with E-state index in [0.717, 1.165) is 60.9 Å². The predicted molar refractivity (Wildman–Crippen MR) is 288 cm³/mol. The Morgan fingerprint density at radius 1 is 0.412 bits per heavy atom. The van der Waals surface area contributed by atoms with E-state index >= 15 is 0 Å². The second-order valence-corrected chi connectivity index (χ2v) is 20.3. The molecule has 0 amide bonds. The van der Waals surface area contributed by atoms with Gasteiger partial charge in [-0.15, -0.1) is 0 Å². The molecule has 0 fully saturated rings. The SMILES string of the molecule is Cc1ccc(/C(=C\c2ccc3c(c2)C(C)(C)c2ccccc2-3)c2ccc3c(c2)oc2c4ccc(N(c5ccc(C)cc5)c5ccc6c(c5)C(C)(C)c5ccccc5-6)cc4c4ccccc4c32)cc1. The summed E-state index contributed by atoms with van der Waals surface area (Å²) in [6.07, 6.45) is 2.36. The van der Waals surface area contributed by atoms with Gasteiger partial charge in [0.05, 0.1) is 0 Å². The maximum absolute atomic E-state index is 7.14. The molecule has 2 aliphatic rings. The van der Waals surface area contributed by atoms with Crippen molar-refractivity contribution in [3.05, 3.63) is 244 Å². The number of nitrogens with zero attached hydrogens (tertiary/aromatic N) is 1. The van der Waals surface area contributed by atoms with Gasteiger partial charge in [-0.25, -0.2) is 0 Å². The van der Waals surface area contributed by atoms with E-state index in [0.29, 0.717) is 0 Å². The molecule has 0 N–H and O–H groups in total. The molecule has 0 radical (unpaired) electrons. The van der Waals surface area contributed by atoms with Crippen LogP contribution >= 0.6 is 0 Å². The number of rotatable bonds is 6. The molecule has 10 aromatic carbocycles. The number of aryl methyl sites for hydroxylation is 2. The van der Waals surface area contributed by atoms with Gasteiger partial charge in [0.25, 0.3) is 0 Å². The monoisotopic (exact) mass is 873 g/mol. The van der Waals surface area contributed by atoms with E-state index in [9.17, 15) is 0 Å². The van der Waals surface area contributed by atoms with Crippen LogP contribution in [0.1, 0.15) is 77.8 Å². The van der Waals surface area contributed by atoms with Crippen LogP contribution in [0, 0.1) is 13.8 Å². The summed E-state index contributed by atoms with van der Waals surface area (Å²) in [6.45, 7) is 13.7. The zero-order chi connectivity index (χ0) is 46.1. The molecule has 1 aromatic heterocycles. The van der Waals surface area contributed by atoms with Gasteiger partial charge in [-0.2, -0.15) is 0 Å². The van der Waals surface area contributed by atoms with Crippen molar-refractivity contribution in [1.29, 1.82) is 0 Å². The van der Waals surface area contributed by atoms with E-state index in [1.54, 1.807) is 0 Å². The van der Waals surface area contributed by atoms with Crippen molar-refractivity contribution in [3.8, 4) is 22.3 Å². The smallest absolute Gasteiger partial charge is 0.143 e. The molecule has 0 unspecified atom stereocenters. The van der Waals surface area contributed by atoms with Crippen molar-refractivity contribution >= 4 is 72.2 Å². The highest BCUT2D eigenvalue weighted by Gasteiger charge is 2.37. The minimum Gasteiger partial charge on any atom is -0.455 e. The standard InChI is InChI=1S/C66H51NO/c1-40-19-24-43(25-20-40)56(35-42-23-31-51-49-14-9-11-17-58(49)65(3,4)60(51)36-42)44-26-32-55-62(37-44)68-64-54-34-30-46(38-57(54)48-13-7-8-16-53(48)63(55)64)67(45-27-21-41(2)22-28-45)47-29-33-52-50-15-10-12-18-59(50)66(5,6)61(52)39-47/h7-39H,1-6H3/b56-35+. The van der Waals surface area contributed by atoms with Crippen LogP contribution in [0.3, 0.4) is 0 Å². The largest absolute Gasteiger partial charge is 0.455 e. The lowest BCUT2D eigenvalue weighted by atomic mass is 9.82. The van der Waals surface area contributed by atoms with Crippen molar-refractivity contribution in [2.24, 2.45) is 0 Å². The Morgan fingerprint density at radius 3 is 1.65 bits per heavy atom. The van der Waals surface area contributed by atoms with Crippen LogP contribution in [-0.4, -0.2) is 0 Å². The van der Waals surface area contributed by atoms with E-state index in [-0.39, 0.29) is 10.8 Å². The molecule has 2 heteroatoms. The summed E-state index contributed by atoms with van der Waals surface area (Å²) in [5.41, 5.74) is 22.9. The Kier molecular flexibility index (Phi) is 8.77. The maximum atomic E-state index is 7.14. The zero-order valence-electron chi connectivity index (χ0n) is 39.4. The first-order chi connectivity index (χ1) is 33.0. The van der Waals surface area contributed by atoms with Crippen molar-refractivity contribution in [1.82, 2.24) is 0 Å². The summed E-state index contributed by atoms with van der Waals surface area (Å²) >= 11 is 0. The Bertz CT molecular complexity index is 3910. The fourth-order valence-corrected chi connectivity index (χ4v) is 11.8. The second-order valence-electron chi connectivity index (χ2n) is 20.3. The molecule has 0 aliphatic heterocycles. The van der Waals surface area contributed by atoms with Crippen LogP contribution in [0.2, 0.25) is 0 Å². The first kappa shape index (κ1) is 40.3. The number of anilines is 3. The summed E-state index contributed by atoms with van der Waals surface area (Å²) in [5.74, 6) is 0. The van der Waals surface area contributed by atoms with Gasteiger partial charge in [0, 0.05) is 44.1 Å². The lowest BCUT2D eigenvalue weighted by Crippen LogP contribution is -2.16. The third kappa shape index (κ3) is 6.03. The minimum absolute atomic E-state index is 0.0791. The highest BCUT2D eigenvalue weighted by Crippen LogP contribution is 2.52. The van der Waals surface area contributed by atoms with Gasteiger partial charge >= 0.3 is 0 Å². The lowest BCUT2D eigenvalue weighted by molar-refractivity contribution is 0.660. The van der Waals surface area contributed by atoms with E-state index in [4.69, 9.17) is 4.42 Å². The number of hydrogen-bond donors (Lipinski definition) is 0. The highest BCUT2D eigenvalue weighted by molar-refractivity contribution is 6.30. The third-order valence-corrected chi connectivity index (χ3v) is 15.4. The molecule has 326 valence electrons. The minimum atomic E-state index is -0.115. The molecule has 0 bridgehead atoms. The molecule has 0 spiro atoms. The molecule has 1 heterocycles. The molecular weight excluding hydrogens is 823 g/mol. The van der Waals surface area contributed by atoms with Crippen LogP contribution in [0.15, 0.2) is 199 Å². The Hall–Kier alpha value is -7.94. The quantitative estimate of drug-likeness (QED) is 0.122. The maximum Gasteiger partial charge on any atom is 0.143 e. The summed E-state index contributed by atoms with van der Waals surface area (Å²) in [7, 11) is 0. The van der Waals surface area contributed by atoms with Crippen LogP contribution < -0.4 is 4.90 Å². The van der Waals surface area contributed by atoms with Gasteiger partial charge in [-0.1, -0.05) is 178 Å². The molecule has 13 rings (SSSR count). The van der Waals surface area contributed by atoms with Crippen LogP contribution in [0.5, 0.6) is 0 Å². The molecule has 0 saturated carbocycles. The third-order valence-electron chi connectivity index (χ3n) is 15.4. The molecular formula is C66H51NO. The van der Waals surface area contributed by atoms with E-state index in [2.05, 4.69) is 247 Å². The number of benzene rings is 10. The Labute approximate surface area is 398 Å². The Morgan fingerprint density at radius 2 is 0.941 bits per heavy atom. The molecule has 2 nitrogen and oxygen atoms in total. The lowest BCUT2D eigenvalue weighted by Gasteiger charge is -2.28. The number of fused-ring (bicyclic) bond motifs is 14. The molecule has 0 atom stereocenters. The van der Waals surface area contributed by atoms with Gasteiger partial charge in [-0.05, 0) is 157 Å². The predicted octanol–water partition coefficient (Wildman–Crippen LogP) is 18.2. The first-order valence-electron chi connectivity index (χ1n) is 24.0. The topological polar surface area (TPSA) is 16.4 Å². The van der Waals surface area contributed by atoms with Crippen LogP contribution in [0.4, 0.5) is 17.1 Å². The summed E-state index contributed by atoms with van der Waals surface area (Å²) in [5, 5.41) is 6.94. The van der Waals surface area contributed by atoms with E-state index < -0.39 is 0 Å². The number of hydrogen-bond acceptors (Lipinski definition) is 2. The van der Waals surface area contributed by atoms with Gasteiger partial charge in [-0.3, -0.25) is 0 Å². The van der Waals surface area contributed by atoms with Crippen molar-refractivity contribution in [2.45, 2.75) is 52.4 Å².